The van der Waals surface area contributed by atoms with Crippen LogP contribution in [-0.2, 0) is 4.79 Å². The van der Waals surface area contributed by atoms with Gasteiger partial charge in [-0.3, -0.25) is 9.59 Å². The van der Waals surface area contributed by atoms with Gasteiger partial charge >= 0.3 is 0 Å². The minimum atomic E-state index is -0.0978. The van der Waals surface area contributed by atoms with E-state index in [1.165, 1.54) is 12.0 Å². The zero-order valence-electron chi connectivity index (χ0n) is 13.7. The molecule has 1 fully saturated rings. The van der Waals surface area contributed by atoms with Crippen molar-refractivity contribution < 1.29 is 14.3 Å². The Morgan fingerprint density at radius 2 is 2.00 bits per heavy atom. The summed E-state index contributed by atoms with van der Waals surface area (Å²) in [4.78, 5) is 26.0. The van der Waals surface area contributed by atoms with E-state index in [9.17, 15) is 9.59 Å². The summed E-state index contributed by atoms with van der Waals surface area (Å²) in [5.74, 6) is 1.40. The van der Waals surface area contributed by atoms with Crippen LogP contribution in [-0.4, -0.2) is 37.9 Å². The van der Waals surface area contributed by atoms with E-state index in [-0.39, 0.29) is 17.7 Å². The molecule has 2 aliphatic carbocycles. The van der Waals surface area contributed by atoms with Gasteiger partial charge in [0.2, 0.25) is 5.91 Å². The van der Waals surface area contributed by atoms with Crippen LogP contribution < -0.4 is 10.1 Å². The molecule has 0 heterocycles. The van der Waals surface area contributed by atoms with E-state index in [1.807, 2.05) is 0 Å². The number of allylic oxidation sites excluding steroid dienone is 2. The number of amides is 2. The minimum Gasteiger partial charge on any atom is -0.495 e. The van der Waals surface area contributed by atoms with Crippen LogP contribution >= 0.6 is 0 Å². The van der Waals surface area contributed by atoms with Crippen LogP contribution in [0.15, 0.2) is 30.4 Å². The minimum absolute atomic E-state index is 0.0341. The van der Waals surface area contributed by atoms with Gasteiger partial charge in [0.1, 0.15) is 5.75 Å². The fourth-order valence-corrected chi connectivity index (χ4v) is 3.49. The number of methoxy groups -OCH3 is 1. The van der Waals surface area contributed by atoms with Crippen molar-refractivity contribution in [3.8, 4) is 5.75 Å². The lowest BCUT2D eigenvalue weighted by molar-refractivity contribution is -0.120. The first-order valence-corrected chi connectivity index (χ1v) is 7.88. The zero-order chi connectivity index (χ0) is 16.6. The molecule has 1 aromatic carbocycles. The molecule has 5 heteroatoms. The Hall–Kier alpha value is -2.30. The number of anilines is 1. The van der Waals surface area contributed by atoms with Crippen molar-refractivity contribution in [3.05, 3.63) is 35.9 Å². The monoisotopic (exact) mass is 314 g/mol. The van der Waals surface area contributed by atoms with Crippen molar-refractivity contribution in [2.24, 2.45) is 17.8 Å². The predicted octanol–water partition coefficient (Wildman–Crippen LogP) is 2.55. The number of hydrogen-bond donors (Lipinski definition) is 1. The SMILES string of the molecule is COc1cc(C(=O)N(C)C)ccc1NC(=O)[C@H]1C[C@H]2C=C[C@H]1C2. The van der Waals surface area contributed by atoms with E-state index in [0.717, 1.165) is 12.8 Å². The third-order valence-corrected chi connectivity index (χ3v) is 4.73. The molecule has 0 unspecified atom stereocenters. The van der Waals surface area contributed by atoms with Gasteiger partial charge < -0.3 is 15.0 Å². The molecular formula is C18H22N2O3. The average molecular weight is 314 g/mol. The molecule has 0 radical (unpaired) electrons. The van der Waals surface area contributed by atoms with E-state index in [1.54, 1.807) is 32.3 Å². The van der Waals surface area contributed by atoms with Crippen LogP contribution in [0.5, 0.6) is 5.75 Å². The fourth-order valence-electron chi connectivity index (χ4n) is 3.49. The Morgan fingerprint density at radius 3 is 2.57 bits per heavy atom. The number of hydrogen-bond acceptors (Lipinski definition) is 3. The Labute approximate surface area is 136 Å². The van der Waals surface area contributed by atoms with E-state index >= 15 is 0 Å². The molecule has 0 aliphatic heterocycles. The maximum atomic E-state index is 12.5. The summed E-state index contributed by atoms with van der Waals surface area (Å²) in [6.07, 6.45) is 6.39. The van der Waals surface area contributed by atoms with Crippen molar-refractivity contribution >= 4 is 17.5 Å². The summed E-state index contributed by atoms with van der Waals surface area (Å²) in [5.41, 5.74) is 1.15. The highest BCUT2D eigenvalue weighted by Crippen LogP contribution is 2.44. The van der Waals surface area contributed by atoms with Crippen LogP contribution in [0, 0.1) is 17.8 Å². The largest absolute Gasteiger partial charge is 0.495 e. The van der Waals surface area contributed by atoms with E-state index in [0.29, 0.717) is 28.8 Å². The Morgan fingerprint density at radius 1 is 1.22 bits per heavy atom. The van der Waals surface area contributed by atoms with E-state index < -0.39 is 0 Å². The smallest absolute Gasteiger partial charge is 0.253 e. The molecule has 2 aliphatic rings. The molecule has 2 amide bonds. The van der Waals surface area contributed by atoms with Gasteiger partial charge in [-0.1, -0.05) is 12.2 Å². The summed E-state index contributed by atoms with van der Waals surface area (Å²) >= 11 is 0. The molecular weight excluding hydrogens is 292 g/mol. The summed E-state index contributed by atoms with van der Waals surface area (Å²) in [6.45, 7) is 0. The van der Waals surface area contributed by atoms with Crippen LogP contribution in [0.3, 0.4) is 0 Å². The number of fused-ring (bicyclic) bond motifs is 2. The van der Waals surface area contributed by atoms with Crippen molar-refractivity contribution in [2.75, 3.05) is 26.5 Å². The third kappa shape index (κ3) is 2.96. The number of nitrogens with one attached hydrogen (secondary N) is 1. The molecule has 0 aromatic heterocycles. The molecule has 0 saturated heterocycles. The zero-order valence-corrected chi connectivity index (χ0v) is 13.7. The average Bonchev–Trinajstić information content (AvgIpc) is 3.17. The van der Waals surface area contributed by atoms with Crippen molar-refractivity contribution in [1.82, 2.24) is 4.90 Å². The van der Waals surface area contributed by atoms with Crippen molar-refractivity contribution in [3.63, 3.8) is 0 Å². The van der Waals surface area contributed by atoms with Gasteiger partial charge in [0, 0.05) is 25.6 Å². The van der Waals surface area contributed by atoms with Gasteiger partial charge in [-0.2, -0.15) is 0 Å². The van der Waals surface area contributed by atoms with Gasteiger partial charge in [0.15, 0.2) is 0 Å². The molecule has 5 nitrogen and oxygen atoms in total. The fraction of sp³-hybridized carbons (Fsp3) is 0.444. The number of nitrogens with zero attached hydrogens (tertiary/aromatic N) is 1. The van der Waals surface area contributed by atoms with Crippen molar-refractivity contribution in [2.45, 2.75) is 12.8 Å². The highest BCUT2D eigenvalue weighted by molar-refractivity contribution is 5.98. The van der Waals surface area contributed by atoms with E-state index in [2.05, 4.69) is 17.5 Å². The van der Waals surface area contributed by atoms with Gasteiger partial charge in [0.25, 0.3) is 5.91 Å². The Bertz CT molecular complexity index is 666. The summed E-state index contributed by atoms with van der Waals surface area (Å²) in [5, 5.41) is 2.96. The topological polar surface area (TPSA) is 58.6 Å². The Kier molecular flexibility index (Phi) is 4.11. The number of carbonyl (C=O) groups excluding carboxylic acids is 2. The standard InChI is InChI=1S/C18H22N2O3/c1-20(2)18(22)13-6-7-15(16(10-13)23-3)19-17(21)14-9-11-4-5-12(14)8-11/h4-7,10-12,14H,8-9H2,1-3H3,(H,19,21)/t11-,12-,14-/m0/s1. The molecule has 23 heavy (non-hydrogen) atoms. The maximum absolute atomic E-state index is 12.5. The molecule has 3 atom stereocenters. The third-order valence-electron chi connectivity index (χ3n) is 4.73. The van der Waals surface area contributed by atoms with Crippen LogP contribution in [0.25, 0.3) is 0 Å². The normalized spacial score (nSPS) is 24.6. The molecule has 122 valence electrons. The number of ether oxygens (including phenoxy) is 1. The lowest BCUT2D eigenvalue weighted by Gasteiger charge is -2.19. The molecule has 1 N–H and O–H groups in total. The first-order chi connectivity index (χ1) is 11.0. The predicted molar refractivity (Wildman–Crippen MR) is 88.5 cm³/mol. The lowest BCUT2D eigenvalue weighted by Crippen LogP contribution is -2.26. The molecule has 3 rings (SSSR count). The van der Waals surface area contributed by atoms with Crippen LogP contribution in [0.4, 0.5) is 5.69 Å². The first-order valence-electron chi connectivity index (χ1n) is 7.88. The second-order valence-electron chi connectivity index (χ2n) is 6.49. The molecule has 2 bridgehead atoms. The lowest BCUT2D eigenvalue weighted by atomic mass is 9.92. The van der Waals surface area contributed by atoms with Gasteiger partial charge in [-0.15, -0.1) is 0 Å². The number of rotatable bonds is 4. The van der Waals surface area contributed by atoms with E-state index in [4.69, 9.17) is 4.74 Å². The summed E-state index contributed by atoms with van der Waals surface area (Å²) in [6, 6.07) is 5.11. The second kappa shape index (κ2) is 6.07. The number of benzene rings is 1. The van der Waals surface area contributed by atoms with Crippen molar-refractivity contribution in [1.29, 1.82) is 0 Å². The highest BCUT2D eigenvalue weighted by Gasteiger charge is 2.39. The number of carbonyl (C=O) groups is 2. The van der Waals surface area contributed by atoms with Crippen LogP contribution in [0.2, 0.25) is 0 Å². The first kappa shape index (κ1) is 15.6. The van der Waals surface area contributed by atoms with Gasteiger partial charge in [-0.25, -0.2) is 0 Å². The molecule has 1 aromatic rings. The Balaban J connectivity index is 1.76. The quantitative estimate of drug-likeness (QED) is 0.869. The van der Waals surface area contributed by atoms with Crippen LogP contribution in [0.1, 0.15) is 23.2 Å². The molecule has 1 saturated carbocycles. The summed E-state index contributed by atoms with van der Waals surface area (Å²) in [7, 11) is 4.94. The highest BCUT2D eigenvalue weighted by atomic mass is 16.5. The maximum Gasteiger partial charge on any atom is 0.253 e. The van der Waals surface area contributed by atoms with Gasteiger partial charge in [0.05, 0.1) is 12.8 Å². The summed E-state index contributed by atoms with van der Waals surface area (Å²) < 4.78 is 5.34. The molecule has 0 spiro atoms. The second-order valence-corrected chi connectivity index (χ2v) is 6.49. The van der Waals surface area contributed by atoms with Gasteiger partial charge in [-0.05, 0) is 42.9 Å².